The maximum Gasteiger partial charge on any atom is 0.412 e. The third kappa shape index (κ3) is 13.5. The molecule has 2 atom stereocenters. The molecule has 0 aromatic heterocycles. The average molecular weight is 931 g/mol. The number of carbonyl (C=O) groups excluding carboxylic acids is 2. The molecule has 19 heteroatoms. The van der Waals surface area contributed by atoms with E-state index in [1.165, 1.54) is 37.3 Å². The average Bonchev–Trinajstić information content (AvgIpc) is 3.98. The standard InChI is InChI=1S/C20H25F3NO3PS.C17H21NO2.C3H5ClF3OPS/c1-11-8-14(13-6-7-13)9-12(2)15(11)16-17(19(3,4)24-18(16)25)27-28(5,29)26-10-20(21,22)23;1-9-7-12(11-5-6-11)8-10(2)13(9)14-15(19)17(3,4)18-16(14)20;1-9(4,10)8-2-3(5,6)7/h8-9,13H,6-7,10H2,1-5H3,(H,24,25);7-8,11,19H,5-6H2,1-4H3,(H,18,20);2H2,1H3. The first-order chi connectivity index (χ1) is 26.7. The molecule has 3 N–H and O–H groups in total. The summed E-state index contributed by atoms with van der Waals surface area (Å²) in [6.45, 7) is 11.5. The van der Waals surface area contributed by atoms with Crippen LogP contribution in [0, 0.1) is 27.7 Å². The SMILES string of the molecule is CP(=S)(Cl)OCC(F)(F)F.Cc1cc(C2CC2)cc(C)c1C1=C(O)C(C)(C)NC1=O.Cc1cc(C2CC2)cc(C)c1C1=C(OP(C)(=S)OCC(F)(F)F)C(C)(C)NC1=O. The molecule has 6 rings (SSSR count). The highest BCUT2D eigenvalue weighted by atomic mass is 35.7. The van der Waals surface area contributed by atoms with Gasteiger partial charge in [-0.1, -0.05) is 47.3 Å². The molecule has 4 aliphatic rings. The Kier molecular flexibility index (Phi) is 14.8. The Morgan fingerprint density at radius 2 is 1.07 bits per heavy atom. The summed E-state index contributed by atoms with van der Waals surface area (Å²) in [6.07, 6.45) is -3.99. The predicted molar refractivity (Wildman–Crippen MR) is 228 cm³/mol. The normalized spacial score (nSPS) is 20.8. The monoisotopic (exact) mass is 930 g/mol. The smallest absolute Gasteiger partial charge is 0.412 e. The number of alkyl halides is 6. The number of benzene rings is 2. The third-order valence-corrected chi connectivity index (χ3v) is 12.7. The van der Waals surface area contributed by atoms with E-state index in [0.29, 0.717) is 23.0 Å². The van der Waals surface area contributed by atoms with Gasteiger partial charge in [-0.2, -0.15) is 26.3 Å². The topological polar surface area (TPSA) is 106 Å². The Morgan fingerprint density at radius 3 is 1.39 bits per heavy atom. The molecule has 0 radical (unpaired) electrons. The van der Waals surface area contributed by atoms with Gasteiger partial charge < -0.3 is 29.3 Å². The maximum atomic E-state index is 12.8. The molecule has 2 aliphatic heterocycles. The van der Waals surface area contributed by atoms with Crippen molar-refractivity contribution in [3.63, 3.8) is 0 Å². The number of hydrogen-bond acceptors (Lipinski definition) is 8. The van der Waals surface area contributed by atoms with E-state index >= 15 is 0 Å². The molecule has 2 aromatic rings. The molecule has 2 aliphatic carbocycles. The first-order valence-electron chi connectivity index (χ1n) is 18.8. The Morgan fingerprint density at radius 1 is 0.712 bits per heavy atom. The lowest BCUT2D eigenvalue weighted by Gasteiger charge is -2.28. The molecule has 2 saturated carbocycles. The van der Waals surface area contributed by atoms with Gasteiger partial charge in [0, 0.05) is 13.3 Å². The van der Waals surface area contributed by atoms with E-state index in [4.69, 9.17) is 32.1 Å². The Bertz CT molecular complexity index is 2110. The second-order valence-electron chi connectivity index (χ2n) is 16.6. The Labute approximate surface area is 356 Å². The zero-order valence-electron chi connectivity index (χ0n) is 34.6. The number of carbonyl (C=O) groups is 2. The molecule has 2 aromatic carbocycles. The molecule has 0 saturated heterocycles. The quantitative estimate of drug-likeness (QED) is 0.160. The number of halogens is 7. The van der Waals surface area contributed by atoms with Crippen LogP contribution in [0.5, 0.6) is 0 Å². The van der Waals surface area contributed by atoms with Crippen LogP contribution in [0.15, 0.2) is 35.8 Å². The fourth-order valence-corrected chi connectivity index (χ4v) is 9.07. The van der Waals surface area contributed by atoms with Crippen LogP contribution in [-0.2, 0) is 46.8 Å². The molecular weight excluding hydrogens is 880 g/mol. The van der Waals surface area contributed by atoms with E-state index < -0.39 is 48.8 Å². The molecule has 2 amide bonds. The van der Waals surface area contributed by atoms with E-state index in [1.54, 1.807) is 13.8 Å². The zero-order chi connectivity index (χ0) is 44.8. The van der Waals surface area contributed by atoms with Gasteiger partial charge in [-0.05, 0) is 149 Å². The van der Waals surface area contributed by atoms with Gasteiger partial charge in [-0.3, -0.25) is 9.59 Å². The molecule has 2 heterocycles. The molecule has 2 unspecified atom stereocenters. The lowest BCUT2D eigenvalue weighted by atomic mass is 9.90. The molecule has 8 nitrogen and oxygen atoms in total. The number of aliphatic hydroxyl groups excluding tert-OH is 1. The summed E-state index contributed by atoms with van der Waals surface area (Å²) in [7, 11) is 0. The van der Waals surface area contributed by atoms with Crippen LogP contribution in [0.4, 0.5) is 26.3 Å². The van der Waals surface area contributed by atoms with Crippen molar-refractivity contribution >= 4 is 69.9 Å². The van der Waals surface area contributed by atoms with Crippen LogP contribution in [0.25, 0.3) is 11.1 Å². The highest BCUT2D eigenvalue weighted by Gasteiger charge is 2.44. The van der Waals surface area contributed by atoms with Crippen molar-refractivity contribution in [3.05, 3.63) is 80.3 Å². The first-order valence-corrected chi connectivity index (χ1v) is 25.9. The van der Waals surface area contributed by atoms with Crippen molar-refractivity contribution in [2.45, 2.75) is 116 Å². The van der Waals surface area contributed by atoms with Crippen LogP contribution >= 0.6 is 23.3 Å². The second-order valence-corrected chi connectivity index (χ2v) is 26.9. The number of rotatable bonds is 10. The highest BCUT2D eigenvalue weighted by Crippen LogP contribution is 2.53. The van der Waals surface area contributed by atoms with E-state index in [2.05, 4.69) is 51.2 Å². The fourth-order valence-electron chi connectivity index (χ4n) is 6.92. The van der Waals surface area contributed by atoms with E-state index in [1.807, 2.05) is 41.5 Å². The number of nitrogens with one attached hydrogen (secondary N) is 2. The minimum absolute atomic E-state index is 0.146. The maximum absolute atomic E-state index is 12.8. The molecule has 2 fully saturated rings. The van der Waals surface area contributed by atoms with Crippen molar-refractivity contribution in [2.75, 3.05) is 26.5 Å². The summed E-state index contributed by atoms with van der Waals surface area (Å²) in [5, 5.41) is 16.1. The van der Waals surface area contributed by atoms with Crippen LogP contribution in [0.1, 0.15) is 110 Å². The number of amides is 2. The van der Waals surface area contributed by atoms with Crippen molar-refractivity contribution < 1.29 is 54.6 Å². The summed E-state index contributed by atoms with van der Waals surface area (Å²) >= 11 is 14.9. The van der Waals surface area contributed by atoms with Gasteiger partial charge >= 0.3 is 12.4 Å². The minimum Gasteiger partial charge on any atom is -0.509 e. The van der Waals surface area contributed by atoms with Crippen molar-refractivity contribution in [1.82, 2.24) is 10.6 Å². The second kappa shape index (κ2) is 17.7. The van der Waals surface area contributed by atoms with E-state index in [0.717, 1.165) is 46.2 Å². The summed E-state index contributed by atoms with van der Waals surface area (Å²) in [6, 6.07) is 8.48. The van der Waals surface area contributed by atoms with E-state index in [-0.39, 0.29) is 23.3 Å². The van der Waals surface area contributed by atoms with Gasteiger partial charge in [-0.25, -0.2) is 0 Å². The number of aliphatic hydroxyl groups is 1. The Balaban J connectivity index is 0.000000221. The number of aryl methyl sites for hydroxylation is 4. The van der Waals surface area contributed by atoms with Gasteiger partial charge in [0.1, 0.15) is 23.7 Å². The van der Waals surface area contributed by atoms with Crippen LogP contribution in [0.2, 0.25) is 0 Å². The van der Waals surface area contributed by atoms with Gasteiger partial charge in [0.2, 0.25) is 6.49 Å². The van der Waals surface area contributed by atoms with E-state index in [9.17, 15) is 41.0 Å². The summed E-state index contributed by atoms with van der Waals surface area (Å²) in [5.41, 5.74) is 4.71. The lowest BCUT2D eigenvalue weighted by Crippen LogP contribution is -2.38. The van der Waals surface area contributed by atoms with Crippen LogP contribution in [-0.4, -0.2) is 66.9 Å². The largest absolute Gasteiger partial charge is 0.509 e. The summed E-state index contributed by atoms with van der Waals surface area (Å²) in [5.74, 6) is 1.13. The fraction of sp³-hybridized carbons (Fsp3) is 0.550. The zero-order valence-corrected chi connectivity index (χ0v) is 38.7. The molecule has 0 bridgehead atoms. The molecule has 59 heavy (non-hydrogen) atoms. The summed E-state index contributed by atoms with van der Waals surface area (Å²) in [4.78, 5) is 25.1. The predicted octanol–water partition coefficient (Wildman–Crippen LogP) is 11.4. The number of hydrogen-bond donors (Lipinski definition) is 3. The minimum atomic E-state index is -4.51. The van der Waals surface area contributed by atoms with Crippen LogP contribution in [0.3, 0.4) is 0 Å². The van der Waals surface area contributed by atoms with Gasteiger partial charge in [0.15, 0.2) is 6.61 Å². The van der Waals surface area contributed by atoms with Crippen molar-refractivity contribution in [1.29, 1.82) is 0 Å². The van der Waals surface area contributed by atoms with Gasteiger partial charge in [-0.15, -0.1) is 0 Å². The van der Waals surface area contributed by atoms with Crippen molar-refractivity contribution in [2.24, 2.45) is 0 Å². The van der Waals surface area contributed by atoms with Gasteiger partial charge in [0.25, 0.3) is 11.8 Å². The Hall–Kier alpha value is -2.45. The lowest BCUT2D eigenvalue weighted by molar-refractivity contribution is -0.153. The van der Waals surface area contributed by atoms with Gasteiger partial charge in [0.05, 0.1) is 22.2 Å². The van der Waals surface area contributed by atoms with Crippen LogP contribution < -0.4 is 10.6 Å². The highest BCUT2D eigenvalue weighted by molar-refractivity contribution is 8.24. The third-order valence-electron chi connectivity index (χ3n) is 9.82. The molecule has 328 valence electrons. The van der Waals surface area contributed by atoms with Crippen molar-refractivity contribution in [3.8, 4) is 0 Å². The summed E-state index contributed by atoms with van der Waals surface area (Å²) < 4.78 is 86.8. The first kappa shape index (κ1) is 49.2. The molecule has 0 spiro atoms. The molecular formula is C40H51ClF6N2O6P2S2.